The normalized spacial score (nSPS) is 10.7. The molecule has 0 aliphatic heterocycles. The van der Waals surface area contributed by atoms with Gasteiger partial charge in [0, 0.05) is 11.8 Å². The predicted octanol–water partition coefficient (Wildman–Crippen LogP) is 3.41. The number of amides is 1. The standard InChI is InChI=1S/C14H13NO2S/c1-10-8-12(16)3-4-13(10)15-14(17)5-2-11-6-7-18-9-11/h2-9,16H,1H3,(H,15,17)/b5-2+. The monoisotopic (exact) mass is 259 g/mol. The maximum absolute atomic E-state index is 11.7. The summed E-state index contributed by atoms with van der Waals surface area (Å²) in [6.45, 7) is 1.83. The van der Waals surface area contributed by atoms with Gasteiger partial charge in [0.25, 0.3) is 0 Å². The van der Waals surface area contributed by atoms with E-state index in [1.807, 2.05) is 23.8 Å². The van der Waals surface area contributed by atoms with Crippen LogP contribution in [0.4, 0.5) is 5.69 Å². The summed E-state index contributed by atoms with van der Waals surface area (Å²) in [7, 11) is 0. The molecular weight excluding hydrogens is 246 g/mol. The molecule has 92 valence electrons. The number of hydrogen-bond acceptors (Lipinski definition) is 3. The van der Waals surface area contributed by atoms with E-state index in [-0.39, 0.29) is 11.7 Å². The van der Waals surface area contributed by atoms with Crippen LogP contribution in [0.1, 0.15) is 11.1 Å². The zero-order valence-corrected chi connectivity index (χ0v) is 10.7. The summed E-state index contributed by atoms with van der Waals surface area (Å²) in [5, 5.41) is 16.0. The molecule has 0 spiro atoms. The van der Waals surface area contributed by atoms with Crippen molar-refractivity contribution in [3.05, 3.63) is 52.2 Å². The number of phenols is 1. The van der Waals surface area contributed by atoms with Crippen molar-refractivity contribution in [1.82, 2.24) is 0 Å². The Morgan fingerprint density at radius 3 is 2.89 bits per heavy atom. The number of hydrogen-bond donors (Lipinski definition) is 2. The SMILES string of the molecule is Cc1cc(O)ccc1NC(=O)/C=C/c1ccsc1. The third-order valence-corrected chi connectivity index (χ3v) is 3.14. The first kappa shape index (κ1) is 12.4. The number of aryl methyl sites for hydroxylation is 1. The minimum absolute atomic E-state index is 0.185. The van der Waals surface area contributed by atoms with Gasteiger partial charge in [0.1, 0.15) is 5.75 Å². The molecule has 1 amide bonds. The van der Waals surface area contributed by atoms with Crippen LogP contribution in [-0.4, -0.2) is 11.0 Å². The van der Waals surface area contributed by atoms with E-state index in [4.69, 9.17) is 0 Å². The highest BCUT2D eigenvalue weighted by atomic mass is 32.1. The van der Waals surface area contributed by atoms with Gasteiger partial charge in [-0.1, -0.05) is 0 Å². The van der Waals surface area contributed by atoms with E-state index in [9.17, 15) is 9.90 Å². The van der Waals surface area contributed by atoms with E-state index in [1.165, 1.54) is 6.08 Å². The number of phenolic OH excluding ortho intramolecular Hbond substituents is 1. The van der Waals surface area contributed by atoms with Crippen molar-refractivity contribution in [2.75, 3.05) is 5.32 Å². The second-order valence-corrected chi connectivity index (χ2v) is 4.66. The van der Waals surface area contributed by atoms with Gasteiger partial charge in [-0.3, -0.25) is 4.79 Å². The van der Waals surface area contributed by atoms with Crippen LogP contribution in [0.15, 0.2) is 41.1 Å². The molecule has 1 aromatic heterocycles. The Balaban J connectivity index is 2.03. The van der Waals surface area contributed by atoms with Crippen molar-refractivity contribution in [2.24, 2.45) is 0 Å². The van der Waals surface area contributed by atoms with E-state index in [1.54, 1.807) is 35.6 Å². The highest BCUT2D eigenvalue weighted by molar-refractivity contribution is 7.08. The van der Waals surface area contributed by atoms with Gasteiger partial charge in [0.05, 0.1) is 0 Å². The van der Waals surface area contributed by atoms with Gasteiger partial charge in [0.2, 0.25) is 5.91 Å². The lowest BCUT2D eigenvalue weighted by molar-refractivity contribution is -0.111. The molecule has 0 atom stereocenters. The van der Waals surface area contributed by atoms with E-state index in [2.05, 4.69) is 5.32 Å². The van der Waals surface area contributed by atoms with Gasteiger partial charge in [-0.25, -0.2) is 0 Å². The first-order valence-corrected chi connectivity index (χ1v) is 6.40. The smallest absolute Gasteiger partial charge is 0.248 e. The van der Waals surface area contributed by atoms with Crippen LogP contribution >= 0.6 is 11.3 Å². The lowest BCUT2D eigenvalue weighted by Gasteiger charge is -2.06. The number of nitrogens with one attached hydrogen (secondary N) is 1. The van der Waals surface area contributed by atoms with Crippen LogP contribution in [0.5, 0.6) is 5.75 Å². The Hall–Kier alpha value is -2.07. The summed E-state index contributed by atoms with van der Waals surface area (Å²) < 4.78 is 0. The van der Waals surface area contributed by atoms with Crippen molar-refractivity contribution in [3.8, 4) is 5.75 Å². The second-order valence-electron chi connectivity index (χ2n) is 3.88. The van der Waals surface area contributed by atoms with Gasteiger partial charge >= 0.3 is 0 Å². The molecule has 0 radical (unpaired) electrons. The molecule has 2 aromatic rings. The van der Waals surface area contributed by atoms with Gasteiger partial charge in [-0.2, -0.15) is 11.3 Å². The van der Waals surface area contributed by atoms with Crippen molar-refractivity contribution in [1.29, 1.82) is 0 Å². The average molecular weight is 259 g/mol. The van der Waals surface area contributed by atoms with Crippen LogP contribution in [-0.2, 0) is 4.79 Å². The van der Waals surface area contributed by atoms with Crippen LogP contribution in [0, 0.1) is 6.92 Å². The Morgan fingerprint density at radius 2 is 2.22 bits per heavy atom. The molecule has 2 N–H and O–H groups in total. The fourth-order valence-corrected chi connectivity index (χ4v) is 2.13. The van der Waals surface area contributed by atoms with Crippen LogP contribution in [0.25, 0.3) is 6.08 Å². The Kier molecular flexibility index (Phi) is 3.79. The maximum atomic E-state index is 11.7. The molecule has 0 fully saturated rings. The fourth-order valence-electron chi connectivity index (χ4n) is 1.50. The van der Waals surface area contributed by atoms with Crippen molar-refractivity contribution >= 4 is 29.0 Å². The zero-order valence-electron chi connectivity index (χ0n) is 9.88. The molecular formula is C14H13NO2S. The minimum atomic E-state index is -0.185. The molecule has 1 aromatic carbocycles. The van der Waals surface area contributed by atoms with E-state index < -0.39 is 0 Å². The van der Waals surface area contributed by atoms with Crippen LogP contribution in [0.3, 0.4) is 0 Å². The fraction of sp³-hybridized carbons (Fsp3) is 0.0714. The van der Waals surface area contributed by atoms with Crippen molar-refractivity contribution < 1.29 is 9.90 Å². The molecule has 0 saturated carbocycles. The minimum Gasteiger partial charge on any atom is -0.508 e. The van der Waals surface area contributed by atoms with Gasteiger partial charge < -0.3 is 10.4 Å². The Morgan fingerprint density at radius 1 is 1.39 bits per heavy atom. The Labute approximate surface area is 109 Å². The topological polar surface area (TPSA) is 49.3 Å². The molecule has 0 aliphatic carbocycles. The lowest BCUT2D eigenvalue weighted by Crippen LogP contribution is -2.08. The molecule has 1 heterocycles. The lowest BCUT2D eigenvalue weighted by atomic mass is 10.2. The highest BCUT2D eigenvalue weighted by Gasteiger charge is 2.02. The average Bonchev–Trinajstić information content (AvgIpc) is 2.83. The third-order valence-electron chi connectivity index (χ3n) is 2.44. The van der Waals surface area contributed by atoms with Gasteiger partial charge in [0.15, 0.2) is 0 Å². The second kappa shape index (κ2) is 5.51. The van der Waals surface area contributed by atoms with Crippen molar-refractivity contribution in [3.63, 3.8) is 0 Å². The highest BCUT2D eigenvalue weighted by Crippen LogP contribution is 2.20. The third kappa shape index (κ3) is 3.21. The molecule has 18 heavy (non-hydrogen) atoms. The molecule has 0 unspecified atom stereocenters. The van der Waals surface area contributed by atoms with Gasteiger partial charge in [-0.15, -0.1) is 0 Å². The van der Waals surface area contributed by atoms with Crippen LogP contribution in [0.2, 0.25) is 0 Å². The number of carbonyl (C=O) groups is 1. The first-order chi connectivity index (χ1) is 8.65. The summed E-state index contributed by atoms with van der Waals surface area (Å²) in [5.41, 5.74) is 2.54. The first-order valence-electron chi connectivity index (χ1n) is 5.46. The number of carbonyl (C=O) groups excluding carboxylic acids is 1. The molecule has 0 aliphatic rings. The van der Waals surface area contributed by atoms with Gasteiger partial charge in [-0.05, 0) is 59.2 Å². The molecule has 0 saturated heterocycles. The summed E-state index contributed by atoms with van der Waals surface area (Å²) in [4.78, 5) is 11.7. The number of anilines is 1. The van der Waals surface area contributed by atoms with E-state index >= 15 is 0 Å². The zero-order chi connectivity index (χ0) is 13.0. The summed E-state index contributed by atoms with van der Waals surface area (Å²) in [6.07, 6.45) is 3.26. The molecule has 3 nitrogen and oxygen atoms in total. The largest absolute Gasteiger partial charge is 0.508 e. The predicted molar refractivity (Wildman–Crippen MR) is 74.8 cm³/mol. The summed E-state index contributed by atoms with van der Waals surface area (Å²) >= 11 is 1.59. The quantitative estimate of drug-likeness (QED) is 0.655. The number of thiophene rings is 1. The van der Waals surface area contributed by atoms with E-state index in [0.29, 0.717) is 5.69 Å². The number of aromatic hydroxyl groups is 1. The Bertz CT molecular complexity index is 573. The summed E-state index contributed by atoms with van der Waals surface area (Å²) in [6, 6.07) is 6.78. The van der Waals surface area contributed by atoms with Crippen LogP contribution < -0.4 is 5.32 Å². The molecule has 0 bridgehead atoms. The number of benzene rings is 1. The summed E-state index contributed by atoms with van der Waals surface area (Å²) in [5.74, 6) is 0.00861. The molecule has 4 heteroatoms. The molecule has 2 rings (SSSR count). The maximum Gasteiger partial charge on any atom is 0.248 e. The number of rotatable bonds is 3. The van der Waals surface area contributed by atoms with E-state index in [0.717, 1.165) is 11.1 Å². The van der Waals surface area contributed by atoms with Crippen molar-refractivity contribution in [2.45, 2.75) is 6.92 Å².